The summed E-state index contributed by atoms with van der Waals surface area (Å²) in [5.41, 5.74) is 0.740. The molecular formula is C11H14O2. The van der Waals surface area contributed by atoms with Gasteiger partial charge in [0.15, 0.2) is 0 Å². The van der Waals surface area contributed by atoms with Crippen molar-refractivity contribution in [1.82, 2.24) is 0 Å². The van der Waals surface area contributed by atoms with Crippen molar-refractivity contribution in [2.24, 2.45) is 5.41 Å². The smallest absolute Gasteiger partial charge is 0.146 e. The Balaban J connectivity index is 2.12. The number of hydrogen-bond acceptors (Lipinski definition) is 2. The highest BCUT2D eigenvalue weighted by atomic mass is 16.2. The Morgan fingerprint density at radius 3 is 2.15 bits per heavy atom. The van der Waals surface area contributed by atoms with Gasteiger partial charge >= 0.3 is 0 Å². The van der Waals surface area contributed by atoms with Crippen LogP contribution in [0.5, 0.6) is 0 Å². The minimum atomic E-state index is -0.671. The summed E-state index contributed by atoms with van der Waals surface area (Å²) in [6.45, 7) is 1.80. The van der Waals surface area contributed by atoms with E-state index in [0.717, 1.165) is 0 Å². The molecule has 0 amide bonds. The van der Waals surface area contributed by atoms with Crippen LogP contribution in [0.4, 0.5) is 0 Å². The Hall–Kier alpha value is -0.920. The van der Waals surface area contributed by atoms with Crippen molar-refractivity contribution in [1.29, 1.82) is 0 Å². The van der Waals surface area contributed by atoms with Gasteiger partial charge in [0.05, 0.1) is 5.41 Å². The molecule has 2 rings (SSSR count). The number of carbonyl (C=O) groups is 2. The second kappa shape index (κ2) is 2.79. The van der Waals surface area contributed by atoms with Crippen LogP contribution in [0.15, 0.2) is 11.6 Å². The second-order valence-electron chi connectivity index (χ2n) is 4.24. The van der Waals surface area contributed by atoms with E-state index in [1.165, 1.54) is 18.4 Å². The number of allylic oxidation sites excluding steroid dienone is 2. The maximum Gasteiger partial charge on any atom is 0.146 e. The molecule has 0 spiro atoms. The highest BCUT2D eigenvalue weighted by Crippen LogP contribution is 2.37. The fraction of sp³-hybridized carbons (Fsp3) is 0.636. The molecular weight excluding hydrogens is 164 g/mol. The van der Waals surface area contributed by atoms with Gasteiger partial charge < -0.3 is 0 Å². The maximum absolute atomic E-state index is 11.5. The third-order valence-electron chi connectivity index (χ3n) is 3.15. The van der Waals surface area contributed by atoms with E-state index in [0.29, 0.717) is 19.3 Å². The fourth-order valence-corrected chi connectivity index (χ4v) is 1.79. The first-order chi connectivity index (χ1) is 6.13. The lowest BCUT2D eigenvalue weighted by atomic mass is 9.83. The van der Waals surface area contributed by atoms with E-state index in [-0.39, 0.29) is 11.6 Å². The first kappa shape index (κ1) is 8.67. The molecule has 70 valence electrons. The molecule has 13 heavy (non-hydrogen) atoms. The molecule has 2 nitrogen and oxygen atoms in total. The number of carbonyl (C=O) groups excluding carboxylic acids is 2. The molecule has 0 radical (unpaired) electrons. The maximum atomic E-state index is 11.5. The minimum Gasteiger partial charge on any atom is -0.299 e. The van der Waals surface area contributed by atoms with Crippen molar-refractivity contribution in [3.8, 4) is 0 Å². The van der Waals surface area contributed by atoms with Gasteiger partial charge in [-0.15, -0.1) is 0 Å². The predicted molar refractivity (Wildman–Crippen MR) is 49.3 cm³/mol. The summed E-state index contributed by atoms with van der Waals surface area (Å²) < 4.78 is 0. The van der Waals surface area contributed by atoms with Gasteiger partial charge in [-0.2, -0.15) is 0 Å². The van der Waals surface area contributed by atoms with Gasteiger partial charge in [-0.05, 0) is 26.2 Å². The molecule has 0 aromatic heterocycles. The van der Waals surface area contributed by atoms with Crippen LogP contribution in [0.3, 0.4) is 0 Å². The van der Waals surface area contributed by atoms with Crippen LogP contribution in [0.2, 0.25) is 0 Å². The standard InChI is InChI=1S/C11H14O2/c1-11(7-6-8-2-3-8)9(12)4-5-10(11)13/h6H,2-5,7H2,1H3. The molecule has 2 saturated carbocycles. The first-order valence-electron chi connectivity index (χ1n) is 4.87. The van der Waals surface area contributed by atoms with E-state index in [1.807, 2.05) is 0 Å². The Morgan fingerprint density at radius 1 is 1.15 bits per heavy atom. The van der Waals surface area contributed by atoms with Gasteiger partial charge in [-0.25, -0.2) is 0 Å². The highest BCUT2D eigenvalue weighted by Gasteiger charge is 2.44. The summed E-state index contributed by atoms with van der Waals surface area (Å²) >= 11 is 0. The van der Waals surface area contributed by atoms with E-state index < -0.39 is 5.41 Å². The zero-order chi connectivity index (χ0) is 9.47. The SMILES string of the molecule is CC1(CC=C2CC2)C(=O)CCC1=O. The van der Waals surface area contributed by atoms with Crippen LogP contribution in [0.25, 0.3) is 0 Å². The molecule has 2 aliphatic rings. The van der Waals surface area contributed by atoms with Crippen LogP contribution in [-0.4, -0.2) is 11.6 Å². The predicted octanol–water partition coefficient (Wildman–Crippen LogP) is 2.04. The lowest BCUT2D eigenvalue weighted by Crippen LogP contribution is -2.28. The topological polar surface area (TPSA) is 34.1 Å². The number of ketones is 2. The lowest BCUT2D eigenvalue weighted by Gasteiger charge is -2.17. The van der Waals surface area contributed by atoms with Gasteiger partial charge in [-0.3, -0.25) is 9.59 Å². The lowest BCUT2D eigenvalue weighted by molar-refractivity contribution is -0.133. The third kappa shape index (κ3) is 1.45. The van der Waals surface area contributed by atoms with Gasteiger partial charge in [0, 0.05) is 12.8 Å². The van der Waals surface area contributed by atoms with Crippen molar-refractivity contribution < 1.29 is 9.59 Å². The summed E-state index contributed by atoms with van der Waals surface area (Å²) in [7, 11) is 0. The monoisotopic (exact) mass is 178 g/mol. The zero-order valence-electron chi connectivity index (χ0n) is 7.93. The molecule has 0 aromatic carbocycles. The Kier molecular flexibility index (Phi) is 1.86. The largest absolute Gasteiger partial charge is 0.299 e. The van der Waals surface area contributed by atoms with Crippen LogP contribution >= 0.6 is 0 Å². The van der Waals surface area contributed by atoms with Crippen molar-refractivity contribution in [2.45, 2.75) is 39.0 Å². The summed E-state index contributed by atoms with van der Waals surface area (Å²) in [4.78, 5) is 23.0. The molecule has 2 fully saturated rings. The zero-order valence-corrected chi connectivity index (χ0v) is 7.93. The van der Waals surface area contributed by atoms with Crippen LogP contribution in [0, 0.1) is 5.41 Å². The number of hydrogen-bond donors (Lipinski definition) is 0. The fourth-order valence-electron chi connectivity index (χ4n) is 1.79. The van der Waals surface area contributed by atoms with E-state index in [2.05, 4.69) is 6.08 Å². The molecule has 2 heteroatoms. The first-order valence-corrected chi connectivity index (χ1v) is 4.87. The van der Waals surface area contributed by atoms with Crippen molar-refractivity contribution in [3.63, 3.8) is 0 Å². The molecule has 0 heterocycles. The third-order valence-corrected chi connectivity index (χ3v) is 3.15. The highest BCUT2D eigenvalue weighted by molar-refractivity contribution is 6.12. The summed E-state index contributed by atoms with van der Waals surface area (Å²) in [6, 6.07) is 0. The van der Waals surface area contributed by atoms with E-state index in [9.17, 15) is 9.59 Å². The van der Waals surface area contributed by atoms with E-state index in [4.69, 9.17) is 0 Å². The van der Waals surface area contributed by atoms with Gasteiger partial charge in [0.25, 0.3) is 0 Å². The van der Waals surface area contributed by atoms with Gasteiger partial charge in [0.2, 0.25) is 0 Å². The quantitative estimate of drug-likeness (QED) is 0.479. The molecule has 0 aliphatic heterocycles. The molecule has 0 bridgehead atoms. The Labute approximate surface area is 78.0 Å². The average molecular weight is 178 g/mol. The summed E-state index contributed by atoms with van der Waals surface area (Å²) in [5.74, 6) is 0.269. The molecule has 2 aliphatic carbocycles. The van der Waals surface area contributed by atoms with E-state index in [1.54, 1.807) is 6.92 Å². The summed E-state index contributed by atoms with van der Waals surface area (Å²) in [5, 5.41) is 0. The van der Waals surface area contributed by atoms with Crippen LogP contribution in [0.1, 0.15) is 39.0 Å². The minimum absolute atomic E-state index is 0.134. The molecule has 0 saturated heterocycles. The molecule has 0 N–H and O–H groups in total. The van der Waals surface area contributed by atoms with Gasteiger partial charge in [0.1, 0.15) is 11.6 Å². The Morgan fingerprint density at radius 2 is 1.69 bits per heavy atom. The number of Topliss-reactive ketones (excluding diaryl/α,β-unsaturated/α-hetero) is 2. The molecule has 0 unspecified atom stereocenters. The average Bonchev–Trinajstić information content (AvgIpc) is 2.89. The number of rotatable bonds is 2. The molecule has 0 atom stereocenters. The Bertz CT molecular complexity index is 277. The second-order valence-corrected chi connectivity index (χ2v) is 4.24. The molecule has 0 aromatic rings. The van der Waals surface area contributed by atoms with Crippen LogP contribution < -0.4 is 0 Å². The van der Waals surface area contributed by atoms with Gasteiger partial charge in [-0.1, -0.05) is 11.6 Å². The van der Waals surface area contributed by atoms with Crippen molar-refractivity contribution >= 4 is 11.6 Å². The van der Waals surface area contributed by atoms with Crippen LogP contribution in [-0.2, 0) is 9.59 Å². The van der Waals surface area contributed by atoms with Crippen molar-refractivity contribution in [3.05, 3.63) is 11.6 Å². The van der Waals surface area contributed by atoms with E-state index >= 15 is 0 Å². The normalized spacial score (nSPS) is 25.2. The summed E-state index contributed by atoms with van der Waals surface area (Å²) in [6.07, 6.45) is 5.97. The van der Waals surface area contributed by atoms with Crippen molar-refractivity contribution in [2.75, 3.05) is 0 Å².